The Labute approximate surface area is 102 Å². The third-order valence-electron chi connectivity index (χ3n) is 2.38. The lowest BCUT2D eigenvalue weighted by Gasteiger charge is -2.27. The number of hydrogen-bond acceptors (Lipinski definition) is 3. The van der Waals surface area contributed by atoms with Crippen LogP contribution in [0.2, 0.25) is 0 Å². The number of benzene rings is 1. The minimum atomic E-state index is -4.44. The van der Waals surface area contributed by atoms with E-state index < -0.39 is 25.1 Å². The van der Waals surface area contributed by atoms with Gasteiger partial charge in [-0.2, -0.15) is 13.2 Å². The standard InChI is InChI=1S/C11H14F4N2O/c12-9-2-1-3-10(8(9)6-16)17(4-5-18)7-11(13,14)15/h1-3,18H,4-7,16H2. The topological polar surface area (TPSA) is 49.5 Å². The molecule has 0 unspecified atom stereocenters. The Morgan fingerprint density at radius 1 is 1.28 bits per heavy atom. The molecule has 0 heterocycles. The molecule has 18 heavy (non-hydrogen) atoms. The van der Waals surface area contributed by atoms with Gasteiger partial charge in [0, 0.05) is 24.3 Å². The van der Waals surface area contributed by atoms with Crippen molar-refractivity contribution in [2.24, 2.45) is 5.73 Å². The van der Waals surface area contributed by atoms with Crippen molar-refractivity contribution in [2.45, 2.75) is 12.7 Å². The average Bonchev–Trinajstić information content (AvgIpc) is 2.26. The van der Waals surface area contributed by atoms with Gasteiger partial charge in [0.2, 0.25) is 0 Å². The van der Waals surface area contributed by atoms with Crippen LogP contribution in [0.15, 0.2) is 18.2 Å². The number of rotatable bonds is 5. The molecule has 0 aromatic heterocycles. The van der Waals surface area contributed by atoms with Crippen LogP contribution in [0.5, 0.6) is 0 Å². The summed E-state index contributed by atoms with van der Waals surface area (Å²) >= 11 is 0. The summed E-state index contributed by atoms with van der Waals surface area (Å²) in [5, 5.41) is 8.79. The minimum Gasteiger partial charge on any atom is -0.395 e. The fourth-order valence-corrected chi connectivity index (χ4v) is 1.67. The average molecular weight is 266 g/mol. The molecule has 0 aliphatic rings. The van der Waals surface area contributed by atoms with Crippen molar-refractivity contribution < 1.29 is 22.7 Å². The van der Waals surface area contributed by atoms with Crippen LogP contribution in [0.3, 0.4) is 0 Å². The van der Waals surface area contributed by atoms with Gasteiger partial charge in [-0.15, -0.1) is 0 Å². The number of alkyl halides is 3. The van der Waals surface area contributed by atoms with Crippen LogP contribution >= 0.6 is 0 Å². The van der Waals surface area contributed by atoms with Crippen molar-refractivity contribution in [3.05, 3.63) is 29.6 Å². The Balaban J connectivity index is 3.09. The molecule has 0 spiro atoms. The van der Waals surface area contributed by atoms with Gasteiger partial charge in [-0.05, 0) is 12.1 Å². The second-order valence-corrected chi connectivity index (χ2v) is 3.70. The van der Waals surface area contributed by atoms with Gasteiger partial charge in [-0.1, -0.05) is 6.07 Å². The first-order valence-electron chi connectivity index (χ1n) is 5.29. The molecule has 0 aliphatic heterocycles. The molecule has 3 N–H and O–H groups in total. The monoisotopic (exact) mass is 266 g/mol. The van der Waals surface area contributed by atoms with Gasteiger partial charge in [0.15, 0.2) is 0 Å². The number of hydrogen-bond donors (Lipinski definition) is 2. The van der Waals surface area contributed by atoms with Crippen molar-refractivity contribution in [1.29, 1.82) is 0 Å². The SMILES string of the molecule is NCc1c(F)cccc1N(CCO)CC(F)(F)F. The van der Waals surface area contributed by atoms with E-state index in [1.807, 2.05) is 0 Å². The summed E-state index contributed by atoms with van der Waals surface area (Å²) in [7, 11) is 0. The molecule has 0 bridgehead atoms. The number of aliphatic hydroxyl groups is 1. The quantitative estimate of drug-likeness (QED) is 0.797. The lowest BCUT2D eigenvalue weighted by molar-refractivity contribution is -0.119. The molecular formula is C11H14F4N2O. The smallest absolute Gasteiger partial charge is 0.395 e. The summed E-state index contributed by atoms with van der Waals surface area (Å²) < 4.78 is 50.6. The van der Waals surface area contributed by atoms with E-state index in [1.165, 1.54) is 12.1 Å². The molecule has 0 atom stereocenters. The van der Waals surface area contributed by atoms with Crippen LogP contribution in [-0.4, -0.2) is 31.0 Å². The Hall–Kier alpha value is -1.34. The third kappa shape index (κ3) is 3.85. The van der Waals surface area contributed by atoms with Crippen LogP contribution in [0.4, 0.5) is 23.2 Å². The molecule has 1 aromatic carbocycles. The van der Waals surface area contributed by atoms with Gasteiger partial charge in [0.25, 0.3) is 0 Å². The number of nitrogens with zero attached hydrogens (tertiary/aromatic N) is 1. The Morgan fingerprint density at radius 2 is 1.94 bits per heavy atom. The van der Waals surface area contributed by atoms with Crippen molar-refractivity contribution >= 4 is 5.69 Å². The van der Waals surface area contributed by atoms with E-state index in [-0.39, 0.29) is 24.3 Å². The molecular weight excluding hydrogens is 252 g/mol. The van der Waals surface area contributed by atoms with Gasteiger partial charge >= 0.3 is 6.18 Å². The van der Waals surface area contributed by atoms with Crippen molar-refractivity contribution in [1.82, 2.24) is 0 Å². The van der Waals surface area contributed by atoms with E-state index in [1.54, 1.807) is 0 Å². The fourth-order valence-electron chi connectivity index (χ4n) is 1.67. The predicted octanol–water partition coefficient (Wildman–Crippen LogP) is 1.65. The summed E-state index contributed by atoms with van der Waals surface area (Å²) in [5.74, 6) is -0.653. The van der Waals surface area contributed by atoms with E-state index in [4.69, 9.17) is 10.8 Å². The Bertz CT molecular complexity index is 395. The molecule has 3 nitrogen and oxygen atoms in total. The van der Waals surface area contributed by atoms with Crippen molar-refractivity contribution in [2.75, 3.05) is 24.6 Å². The van der Waals surface area contributed by atoms with Crippen LogP contribution in [0.25, 0.3) is 0 Å². The van der Waals surface area contributed by atoms with Crippen LogP contribution in [-0.2, 0) is 6.54 Å². The maximum Gasteiger partial charge on any atom is 0.405 e. The summed E-state index contributed by atoms with van der Waals surface area (Å²) in [6.45, 7) is -2.17. The first-order valence-corrected chi connectivity index (χ1v) is 5.29. The highest BCUT2D eigenvalue weighted by Gasteiger charge is 2.31. The molecule has 7 heteroatoms. The highest BCUT2D eigenvalue weighted by Crippen LogP contribution is 2.26. The largest absolute Gasteiger partial charge is 0.405 e. The molecule has 0 amide bonds. The zero-order valence-corrected chi connectivity index (χ0v) is 9.54. The highest BCUT2D eigenvalue weighted by molar-refractivity contribution is 5.54. The third-order valence-corrected chi connectivity index (χ3v) is 2.38. The highest BCUT2D eigenvalue weighted by atomic mass is 19.4. The van der Waals surface area contributed by atoms with E-state index in [0.29, 0.717) is 0 Å². The number of nitrogens with two attached hydrogens (primary N) is 1. The second-order valence-electron chi connectivity index (χ2n) is 3.70. The van der Waals surface area contributed by atoms with Gasteiger partial charge < -0.3 is 15.7 Å². The Kier molecular flexibility index (Phi) is 4.92. The molecule has 0 radical (unpaired) electrons. The molecule has 0 fully saturated rings. The first-order chi connectivity index (χ1) is 8.39. The zero-order chi connectivity index (χ0) is 13.8. The lowest BCUT2D eigenvalue weighted by atomic mass is 10.1. The summed E-state index contributed by atoms with van der Waals surface area (Å²) in [6.07, 6.45) is -4.44. The van der Waals surface area contributed by atoms with Gasteiger partial charge in [-0.25, -0.2) is 4.39 Å². The first kappa shape index (κ1) is 14.7. The molecule has 1 aromatic rings. The van der Waals surface area contributed by atoms with E-state index >= 15 is 0 Å². The van der Waals surface area contributed by atoms with Crippen LogP contribution in [0.1, 0.15) is 5.56 Å². The molecule has 1 rings (SSSR count). The van der Waals surface area contributed by atoms with Crippen molar-refractivity contribution in [3.8, 4) is 0 Å². The molecule has 102 valence electrons. The lowest BCUT2D eigenvalue weighted by Crippen LogP contribution is -2.37. The number of anilines is 1. The molecule has 0 saturated heterocycles. The summed E-state index contributed by atoms with van der Waals surface area (Å²) in [4.78, 5) is 0.866. The van der Waals surface area contributed by atoms with E-state index in [9.17, 15) is 17.6 Å². The van der Waals surface area contributed by atoms with E-state index in [0.717, 1.165) is 11.0 Å². The van der Waals surface area contributed by atoms with Gasteiger partial charge in [-0.3, -0.25) is 0 Å². The Morgan fingerprint density at radius 3 is 2.44 bits per heavy atom. The van der Waals surface area contributed by atoms with Crippen molar-refractivity contribution in [3.63, 3.8) is 0 Å². The normalized spacial score (nSPS) is 11.7. The number of halogens is 4. The predicted molar refractivity (Wildman–Crippen MR) is 59.6 cm³/mol. The summed E-state index contributed by atoms with van der Waals surface area (Å²) in [6, 6.07) is 3.80. The molecule has 0 saturated carbocycles. The second kappa shape index (κ2) is 6.01. The van der Waals surface area contributed by atoms with E-state index in [2.05, 4.69) is 0 Å². The minimum absolute atomic E-state index is 0.00944. The number of aliphatic hydroxyl groups excluding tert-OH is 1. The van der Waals surface area contributed by atoms with Gasteiger partial charge in [0.1, 0.15) is 12.4 Å². The summed E-state index contributed by atoms with van der Waals surface area (Å²) in [5.41, 5.74) is 5.41. The van der Waals surface area contributed by atoms with Gasteiger partial charge in [0.05, 0.1) is 6.61 Å². The fraction of sp³-hybridized carbons (Fsp3) is 0.455. The zero-order valence-electron chi connectivity index (χ0n) is 9.54. The van der Waals surface area contributed by atoms with Crippen LogP contribution in [0, 0.1) is 5.82 Å². The maximum atomic E-state index is 13.4. The van der Waals surface area contributed by atoms with Crippen LogP contribution < -0.4 is 10.6 Å². The maximum absolute atomic E-state index is 13.4. The molecule has 0 aliphatic carbocycles.